The molecule has 0 radical (unpaired) electrons. The number of halogens is 2. The van der Waals surface area contributed by atoms with Crippen molar-refractivity contribution in [2.75, 3.05) is 19.1 Å². The fourth-order valence-electron chi connectivity index (χ4n) is 1.82. The minimum Gasteiger partial charge on any atom is -0.487 e. The highest BCUT2D eigenvalue weighted by molar-refractivity contribution is 6.28. The molecule has 1 aromatic rings. The maximum Gasteiger partial charge on any atom is 0.167 e. The van der Waals surface area contributed by atoms with Gasteiger partial charge in [-0.05, 0) is 12.1 Å². The molecular weight excluding hydrogens is 271 g/mol. The van der Waals surface area contributed by atoms with Crippen LogP contribution in [-0.2, 0) is 4.74 Å². The van der Waals surface area contributed by atoms with E-state index in [9.17, 15) is 4.39 Å². The summed E-state index contributed by atoms with van der Waals surface area (Å²) in [5, 5.41) is 0. The summed E-state index contributed by atoms with van der Waals surface area (Å²) >= 11 is 5.52. The zero-order valence-electron chi connectivity index (χ0n) is 10.4. The normalized spacial score (nSPS) is 17.5. The van der Waals surface area contributed by atoms with Crippen LogP contribution in [0.25, 0.3) is 0 Å². The first-order valence-corrected chi connectivity index (χ1v) is 6.65. The number of amidine groups is 1. The van der Waals surface area contributed by atoms with Gasteiger partial charge in [0.2, 0.25) is 0 Å². The highest BCUT2D eigenvalue weighted by atomic mass is 35.5. The number of aliphatic imine (C=N–C) groups is 1. The number of alkyl halides is 1. The van der Waals surface area contributed by atoms with Gasteiger partial charge in [0.1, 0.15) is 11.9 Å². The molecule has 0 atom stereocenters. The van der Waals surface area contributed by atoms with E-state index in [1.165, 1.54) is 6.07 Å². The van der Waals surface area contributed by atoms with Crippen molar-refractivity contribution in [2.45, 2.75) is 18.9 Å². The van der Waals surface area contributed by atoms with Gasteiger partial charge in [-0.2, -0.15) is 0 Å². The van der Waals surface area contributed by atoms with Gasteiger partial charge < -0.3 is 15.2 Å². The average Bonchev–Trinajstić information content (AvgIpc) is 2.43. The molecule has 2 rings (SSSR count). The van der Waals surface area contributed by atoms with E-state index in [4.69, 9.17) is 26.8 Å². The number of nitrogens with two attached hydrogens (primary N) is 1. The number of rotatable bonds is 4. The minimum atomic E-state index is -0.449. The van der Waals surface area contributed by atoms with E-state index in [2.05, 4.69) is 4.99 Å². The average molecular weight is 287 g/mol. The first-order chi connectivity index (χ1) is 9.19. The maximum absolute atomic E-state index is 13.9. The molecule has 0 saturated carbocycles. The quantitative estimate of drug-likeness (QED) is 0.526. The molecule has 0 unspecified atom stereocenters. The Kier molecular flexibility index (Phi) is 4.99. The number of ether oxygens (including phenoxy) is 2. The molecule has 1 aromatic carbocycles. The number of hydrogen-bond acceptors (Lipinski definition) is 3. The Bertz CT molecular complexity index is 462. The lowest BCUT2D eigenvalue weighted by atomic mass is 10.1. The summed E-state index contributed by atoms with van der Waals surface area (Å²) in [7, 11) is 0. The van der Waals surface area contributed by atoms with Gasteiger partial charge in [-0.1, -0.05) is 0 Å². The molecule has 104 valence electrons. The summed E-state index contributed by atoms with van der Waals surface area (Å²) in [6, 6.07) is 4.50. The largest absolute Gasteiger partial charge is 0.487 e. The number of hydrogen-bond donors (Lipinski definition) is 1. The van der Waals surface area contributed by atoms with Crippen molar-refractivity contribution in [3.63, 3.8) is 0 Å². The number of benzene rings is 1. The van der Waals surface area contributed by atoms with Crippen molar-refractivity contribution in [1.29, 1.82) is 0 Å². The minimum absolute atomic E-state index is 0.00510. The fraction of sp³-hybridized carbons (Fsp3) is 0.462. The lowest BCUT2D eigenvalue weighted by Crippen LogP contribution is -2.26. The molecule has 2 N–H and O–H groups in total. The summed E-state index contributed by atoms with van der Waals surface area (Å²) in [6.07, 6.45) is 1.56. The summed E-state index contributed by atoms with van der Waals surface area (Å²) in [5.74, 6) is 0.145. The van der Waals surface area contributed by atoms with E-state index >= 15 is 0 Å². The molecular formula is C13H16ClFN2O2. The highest BCUT2D eigenvalue weighted by Gasteiger charge is 2.17. The van der Waals surface area contributed by atoms with E-state index in [1.54, 1.807) is 12.1 Å². The Morgan fingerprint density at radius 2 is 2.21 bits per heavy atom. The van der Waals surface area contributed by atoms with Gasteiger partial charge >= 0.3 is 0 Å². The van der Waals surface area contributed by atoms with Crippen LogP contribution in [0.2, 0.25) is 0 Å². The van der Waals surface area contributed by atoms with Crippen LogP contribution in [0.4, 0.5) is 10.1 Å². The van der Waals surface area contributed by atoms with Gasteiger partial charge in [0.15, 0.2) is 11.6 Å². The van der Waals surface area contributed by atoms with Crippen LogP contribution in [0.1, 0.15) is 12.8 Å². The molecule has 1 aliphatic rings. The van der Waals surface area contributed by atoms with Crippen molar-refractivity contribution in [1.82, 2.24) is 0 Å². The Morgan fingerprint density at radius 3 is 2.84 bits per heavy atom. The van der Waals surface area contributed by atoms with Crippen LogP contribution >= 0.6 is 11.6 Å². The molecule has 0 aromatic heterocycles. The Labute approximate surface area is 116 Å². The third-order valence-corrected chi connectivity index (χ3v) is 3.06. The first-order valence-electron chi connectivity index (χ1n) is 6.12. The predicted molar refractivity (Wildman–Crippen MR) is 72.9 cm³/mol. The number of nitrogens with zero attached hydrogens (tertiary/aromatic N) is 1. The second-order valence-electron chi connectivity index (χ2n) is 4.28. The monoisotopic (exact) mass is 286 g/mol. The highest BCUT2D eigenvalue weighted by Crippen LogP contribution is 2.25. The molecule has 0 aliphatic carbocycles. The van der Waals surface area contributed by atoms with E-state index in [-0.39, 0.29) is 23.6 Å². The molecule has 4 nitrogen and oxygen atoms in total. The van der Waals surface area contributed by atoms with Crippen molar-refractivity contribution >= 4 is 23.1 Å². The van der Waals surface area contributed by atoms with E-state index < -0.39 is 5.82 Å². The Balaban J connectivity index is 2.06. The smallest absolute Gasteiger partial charge is 0.167 e. The summed E-state index contributed by atoms with van der Waals surface area (Å²) in [6.45, 7) is 1.31. The maximum atomic E-state index is 13.9. The standard InChI is InChI=1S/C13H16ClFN2O2/c14-8-13(16)17-9-1-2-12(11(15)7-9)19-10-3-5-18-6-4-10/h1-2,7,10H,3-6,8H2,(H2,16,17). The van der Waals surface area contributed by atoms with Crippen LogP contribution in [0.15, 0.2) is 23.2 Å². The molecule has 1 heterocycles. The topological polar surface area (TPSA) is 56.8 Å². The fourth-order valence-corrected chi connectivity index (χ4v) is 1.88. The molecule has 1 fully saturated rings. The van der Waals surface area contributed by atoms with Gasteiger partial charge in [0, 0.05) is 18.9 Å². The predicted octanol–water partition coefficient (Wildman–Crippen LogP) is 2.61. The second-order valence-corrected chi connectivity index (χ2v) is 4.55. The van der Waals surface area contributed by atoms with Gasteiger partial charge in [0.05, 0.1) is 24.8 Å². The lowest BCUT2D eigenvalue weighted by Gasteiger charge is -2.23. The van der Waals surface area contributed by atoms with Crippen LogP contribution in [-0.4, -0.2) is 31.0 Å². The summed E-state index contributed by atoms with van der Waals surface area (Å²) in [4.78, 5) is 3.97. The van der Waals surface area contributed by atoms with E-state index in [0.717, 1.165) is 12.8 Å². The van der Waals surface area contributed by atoms with Crippen molar-refractivity contribution in [2.24, 2.45) is 10.7 Å². The van der Waals surface area contributed by atoms with Crippen molar-refractivity contribution in [3.8, 4) is 5.75 Å². The van der Waals surface area contributed by atoms with Gasteiger partial charge in [0.25, 0.3) is 0 Å². The molecule has 0 amide bonds. The summed E-state index contributed by atoms with van der Waals surface area (Å²) < 4.78 is 24.7. The second kappa shape index (κ2) is 6.73. The third-order valence-electron chi connectivity index (χ3n) is 2.79. The zero-order valence-corrected chi connectivity index (χ0v) is 11.2. The van der Waals surface area contributed by atoms with Crippen LogP contribution in [0.5, 0.6) is 5.75 Å². The Hall–Kier alpha value is -1.33. The third kappa shape index (κ3) is 4.08. The zero-order chi connectivity index (χ0) is 13.7. The lowest BCUT2D eigenvalue weighted by molar-refractivity contribution is 0.0240. The van der Waals surface area contributed by atoms with Crippen LogP contribution in [0.3, 0.4) is 0 Å². The van der Waals surface area contributed by atoms with Crippen LogP contribution < -0.4 is 10.5 Å². The molecule has 0 bridgehead atoms. The summed E-state index contributed by atoms with van der Waals surface area (Å²) in [5.41, 5.74) is 5.92. The molecule has 0 spiro atoms. The van der Waals surface area contributed by atoms with Gasteiger partial charge in [-0.15, -0.1) is 11.6 Å². The van der Waals surface area contributed by atoms with Crippen LogP contribution in [0, 0.1) is 5.82 Å². The Morgan fingerprint density at radius 1 is 1.47 bits per heavy atom. The molecule has 1 aliphatic heterocycles. The van der Waals surface area contributed by atoms with E-state index in [1.807, 2.05) is 0 Å². The van der Waals surface area contributed by atoms with Gasteiger partial charge in [-0.25, -0.2) is 9.38 Å². The SMILES string of the molecule is NC(CCl)=Nc1ccc(OC2CCOCC2)c(F)c1. The van der Waals surface area contributed by atoms with E-state index in [0.29, 0.717) is 18.9 Å². The molecule has 6 heteroatoms. The van der Waals surface area contributed by atoms with Crippen molar-refractivity contribution < 1.29 is 13.9 Å². The van der Waals surface area contributed by atoms with Gasteiger partial charge in [-0.3, -0.25) is 0 Å². The first kappa shape index (κ1) is 14.1. The van der Waals surface area contributed by atoms with Crippen molar-refractivity contribution in [3.05, 3.63) is 24.0 Å². The molecule has 19 heavy (non-hydrogen) atoms. The molecule has 1 saturated heterocycles.